The predicted octanol–water partition coefficient (Wildman–Crippen LogP) is 4.40. The van der Waals surface area contributed by atoms with Crippen LogP contribution in [0.15, 0.2) is 53.1 Å². The van der Waals surface area contributed by atoms with Gasteiger partial charge in [-0.25, -0.2) is 0 Å². The molecule has 5 nitrogen and oxygen atoms in total. The van der Waals surface area contributed by atoms with Crippen LogP contribution in [0.2, 0.25) is 0 Å². The minimum absolute atomic E-state index is 0.212. The maximum Gasteiger partial charge on any atom is 0.261 e. The zero-order valence-corrected chi connectivity index (χ0v) is 15.2. The van der Waals surface area contributed by atoms with Crippen molar-refractivity contribution in [1.29, 1.82) is 0 Å². The minimum Gasteiger partial charge on any atom is -0.496 e. The van der Waals surface area contributed by atoms with E-state index in [0.717, 1.165) is 17.7 Å². The van der Waals surface area contributed by atoms with E-state index >= 15 is 0 Å². The lowest BCUT2D eigenvalue weighted by Gasteiger charge is -2.12. The molecule has 0 unspecified atom stereocenters. The molecule has 0 radical (unpaired) electrons. The van der Waals surface area contributed by atoms with Gasteiger partial charge in [0, 0.05) is 17.7 Å². The molecule has 5 heteroatoms. The van der Waals surface area contributed by atoms with E-state index < -0.39 is 0 Å². The highest BCUT2D eigenvalue weighted by Crippen LogP contribution is 2.26. The number of rotatable bonds is 6. The van der Waals surface area contributed by atoms with Crippen LogP contribution in [0.3, 0.4) is 0 Å². The largest absolute Gasteiger partial charge is 0.496 e. The van der Waals surface area contributed by atoms with Gasteiger partial charge in [0.2, 0.25) is 0 Å². The number of aromatic nitrogens is 1. The smallest absolute Gasteiger partial charge is 0.261 e. The number of carbonyl (C=O) groups is 1. The van der Waals surface area contributed by atoms with Gasteiger partial charge in [0.05, 0.1) is 12.8 Å². The highest BCUT2D eigenvalue weighted by atomic mass is 16.5. The second-order valence-electron chi connectivity index (χ2n) is 6.06. The molecule has 134 valence electrons. The molecule has 0 atom stereocenters. The standard InChI is InChI=1S/C21H22N2O3/c1-4-18-20(14(2)26-23-18)21(24)22-17-10-11-19(25-3)16(13-17)12-15-8-6-5-7-9-15/h5-11,13H,4,12H2,1-3H3,(H,22,24). The maximum atomic E-state index is 12.7. The van der Waals surface area contributed by atoms with Crippen LogP contribution in [0, 0.1) is 6.92 Å². The summed E-state index contributed by atoms with van der Waals surface area (Å²) in [6, 6.07) is 15.8. The fourth-order valence-corrected chi connectivity index (χ4v) is 2.95. The Morgan fingerprint density at radius 2 is 1.96 bits per heavy atom. The third kappa shape index (κ3) is 3.77. The summed E-state index contributed by atoms with van der Waals surface area (Å²) in [6.07, 6.45) is 1.36. The molecule has 1 N–H and O–H groups in total. The highest BCUT2D eigenvalue weighted by molar-refractivity contribution is 6.05. The third-order valence-corrected chi connectivity index (χ3v) is 4.27. The first-order valence-corrected chi connectivity index (χ1v) is 8.59. The van der Waals surface area contributed by atoms with E-state index in [1.807, 2.05) is 43.3 Å². The topological polar surface area (TPSA) is 64.4 Å². The Hall–Kier alpha value is -3.08. The van der Waals surface area contributed by atoms with Crippen LogP contribution in [-0.4, -0.2) is 18.2 Å². The number of ether oxygens (including phenoxy) is 1. The lowest BCUT2D eigenvalue weighted by atomic mass is 10.0. The Kier molecular flexibility index (Phi) is 5.37. The molecule has 0 bridgehead atoms. The average molecular weight is 350 g/mol. The molecule has 1 heterocycles. The van der Waals surface area contributed by atoms with E-state index in [1.165, 1.54) is 5.56 Å². The number of hydrogen-bond acceptors (Lipinski definition) is 4. The average Bonchev–Trinajstić information content (AvgIpc) is 3.03. The Morgan fingerprint density at radius 1 is 1.19 bits per heavy atom. The van der Waals surface area contributed by atoms with E-state index in [9.17, 15) is 4.79 Å². The van der Waals surface area contributed by atoms with Crippen molar-refractivity contribution < 1.29 is 14.1 Å². The second-order valence-corrected chi connectivity index (χ2v) is 6.06. The molecule has 1 amide bonds. The number of methoxy groups -OCH3 is 1. The molecule has 3 rings (SSSR count). The number of nitrogens with one attached hydrogen (secondary N) is 1. The molecular formula is C21H22N2O3. The maximum absolute atomic E-state index is 12.7. The molecule has 26 heavy (non-hydrogen) atoms. The summed E-state index contributed by atoms with van der Waals surface area (Å²) in [5, 5.41) is 6.88. The lowest BCUT2D eigenvalue weighted by molar-refractivity contribution is 0.102. The fourth-order valence-electron chi connectivity index (χ4n) is 2.95. The number of benzene rings is 2. The monoisotopic (exact) mass is 350 g/mol. The van der Waals surface area contributed by atoms with Gasteiger partial charge in [-0.15, -0.1) is 0 Å². The number of anilines is 1. The summed E-state index contributed by atoms with van der Waals surface area (Å²) in [5.41, 5.74) is 4.07. The first-order valence-electron chi connectivity index (χ1n) is 8.59. The molecule has 0 fully saturated rings. The van der Waals surface area contributed by atoms with Crippen LogP contribution >= 0.6 is 0 Å². The van der Waals surface area contributed by atoms with E-state index in [-0.39, 0.29) is 5.91 Å². The van der Waals surface area contributed by atoms with Gasteiger partial charge in [0.15, 0.2) is 0 Å². The van der Waals surface area contributed by atoms with Crippen LogP contribution in [0.25, 0.3) is 0 Å². The van der Waals surface area contributed by atoms with Crippen molar-refractivity contribution in [3.8, 4) is 5.75 Å². The third-order valence-electron chi connectivity index (χ3n) is 4.27. The lowest BCUT2D eigenvalue weighted by Crippen LogP contribution is -2.14. The van der Waals surface area contributed by atoms with Crippen molar-refractivity contribution in [3.05, 3.63) is 76.7 Å². The molecule has 1 aromatic heterocycles. The van der Waals surface area contributed by atoms with Gasteiger partial charge in [-0.05, 0) is 37.1 Å². The van der Waals surface area contributed by atoms with E-state index in [4.69, 9.17) is 9.26 Å². The predicted molar refractivity (Wildman–Crippen MR) is 101 cm³/mol. The molecule has 0 saturated carbocycles. The van der Waals surface area contributed by atoms with Crippen molar-refractivity contribution in [3.63, 3.8) is 0 Å². The number of aryl methyl sites for hydroxylation is 2. The zero-order chi connectivity index (χ0) is 18.5. The van der Waals surface area contributed by atoms with Gasteiger partial charge in [-0.1, -0.05) is 42.4 Å². The van der Waals surface area contributed by atoms with Crippen LogP contribution in [-0.2, 0) is 12.8 Å². The van der Waals surface area contributed by atoms with Gasteiger partial charge in [-0.2, -0.15) is 0 Å². The Morgan fingerprint density at radius 3 is 2.65 bits per heavy atom. The Balaban J connectivity index is 1.85. The molecule has 0 spiro atoms. The molecule has 0 aliphatic heterocycles. The number of carbonyl (C=O) groups excluding carboxylic acids is 1. The van der Waals surface area contributed by atoms with Crippen LogP contribution in [0.4, 0.5) is 5.69 Å². The van der Waals surface area contributed by atoms with Gasteiger partial charge < -0.3 is 14.6 Å². The first-order chi connectivity index (χ1) is 12.6. The Labute approximate surface area is 153 Å². The molecule has 0 aliphatic carbocycles. The van der Waals surface area contributed by atoms with Crippen molar-refractivity contribution in [2.24, 2.45) is 0 Å². The molecule has 2 aromatic carbocycles. The van der Waals surface area contributed by atoms with E-state index in [0.29, 0.717) is 29.1 Å². The zero-order valence-electron chi connectivity index (χ0n) is 15.2. The molecule has 3 aromatic rings. The van der Waals surface area contributed by atoms with Crippen molar-refractivity contribution >= 4 is 11.6 Å². The first kappa shape index (κ1) is 17.7. The minimum atomic E-state index is -0.212. The van der Waals surface area contributed by atoms with Gasteiger partial charge in [0.1, 0.15) is 17.1 Å². The number of amides is 1. The van der Waals surface area contributed by atoms with Crippen molar-refractivity contribution in [2.75, 3.05) is 12.4 Å². The summed E-state index contributed by atoms with van der Waals surface area (Å²) in [6.45, 7) is 3.69. The SMILES string of the molecule is CCc1noc(C)c1C(=O)Nc1ccc(OC)c(Cc2ccccc2)c1. The normalized spacial score (nSPS) is 10.6. The summed E-state index contributed by atoms with van der Waals surface area (Å²) >= 11 is 0. The fraction of sp³-hybridized carbons (Fsp3) is 0.238. The number of hydrogen-bond donors (Lipinski definition) is 1. The van der Waals surface area contributed by atoms with Crippen LogP contribution in [0.5, 0.6) is 5.75 Å². The summed E-state index contributed by atoms with van der Waals surface area (Å²) in [4.78, 5) is 12.7. The summed E-state index contributed by atoms with van der Waals surface area (Å²) < 4.78 is 10.6. The van der Waals surface area contributed by atoms with Gasteiger partial charge in [0.25, 0.3) is 5.91 Å². The molecule has 0 aliphatic rings. The highest BCUT2D eigenvalue weighted by Gasteiger charge is 2.19. The number of nitrogens with zero attached hydrogens (tertiary/aromatic N) is 1. The van der Waals surface area contributed by atoms with Gasteiger partial charge >= 0.3 is 0 Å². The summed E-state index contributed by atoms with van der Waals surface area (Å²) in [5.74, 6) is 1.11. The van der Waals surface area contributed by atoms with Crippen molar-refractivity contribution in [2.45, 2.75) is 26.7 Å². The molecular weight excluding hydrogens is 328 g/mol. The van der Waals surface area contributed by atoms with Crippen molar-refractivity contribution in [1.82, 2.24) is 5.16 Å². The van der Waals surface area contributed by atoms with Crippen LogP contribution in [0.1, 0.15) is 39.9 Å². The Bertz CT molecular complexity index is 901. The van der Waals surface area contributed by atoms with Crippen LogP contribution < -0.4 is 10.1 Å². The molecule has 0 saturated heterocycles. The second kappa shape index (κ2) is 7.87. The van der Waals surface area contributed by atoms with Gasteiger partial charge in [-0.3, -0.25) is 4.79 Å². The quantitative estimate of drug-likeness (QED) is 0.716. The summed E-state index contributed by atoms with van der Waals surface area (Å²) in [7, 11) is 1.65. The van der Waals surface area contributed by atoms with E-state index in [1.54, 1.807) is 14.0 Å². The van der Waals surface area contributed by atoms with E-state index in [2.05, 4.69) is 22.6 Å².